The predicted octanol–water partition coefficient (Wildman–Crippen LogP) is 0.273. The first-order valence-electron chi connectivity index (χ1n) is 5.95. The molecule has 98 valence electrons. The topological polar surface area (TPSA) is 78.8 Å². The summed E-state index contributed by atoms with van der Waals surface area (Å²) in [4.78, 5) is 11.9. The normalized spacial score (nSPS) is 31.9. The van der Waals surface area contributed by atoms with Crippen LogP contribution in [-0.4, -0.2) is 40.7 Å². The van der Waals surface area contributed by atoms with Crippen LogP contribution in [0.15, 0.2) is 30.3 Å². The van der Waals surface area contributed by atoms with E-state index in [1.807, 2.05) is 6.07 Å². The first kappa shape index (κ1) is 13.0. The van der Waals surface area contributed by atoms with Crippen molar-refractivity contribution in [2.75, 3.05) is 0 Å². The Balaban J connectivity index is 2.02. The molecule has 1 aliphatic heterocycles. The highest BCUT2D eigenvalue weighted by Crippen LogP contribution is 2.19. The SMILES string of the molecule is C[C@H]1O[C@@H](O)C[C@@H](NC(=O)c2ccccc2)[C@H]1O. The maximum Gasteiger partial charge on any atom is 0.251 e. The fourth-order valence-corrected chi connectivity index (χ4v) is 2.05. The Bertz CT molecular complexity index is 409. The predicted molar refractivity (Wildman–Crippen MR) is 64.9 cm³/mol. The summed E-state index contributed by atoms with van der Waals surface area (Å²) in [7, 11) is 0. The second kappa shape index (κ2) is 5.48. The van der Waals surface area contributed by atoms with Gasteiger partial charge in [0, 0.05) is 12.0 Å². The maximum atomic E-state index is 11.9. The van der Waals surface area contributed by atoms with Crippen LogP contribution >= 0.6 is 0 Å². The van der Waals surface area contributed by atoms with Gasteiger partial charge in [-0.05, 0) is 19.1 Å². The fourth-order valence-electron chi connectivity index (χ4n) is 2.05. The molecule has 1 aliphatic rings. The number of amides is 1. The third kappa shape index (κ3) is 2.87. The lowest BCUT2D eigenvalue weighted by Gasteiger charge is -2.36. The van der Waals surface area contributed by atoms with Gasteiger partial charge in [0.25, 0.3) is 5.91 Å². The van der Waals surface area contributed by atoms with Crippen molar-refractivity contribution in [2.45, 2.75) is 37.9 Å². The van der Waals surface area contributed by atoms with Crippen molar-refractivity contribution >= 4 is 5.91 Å². The van der Waals surface area contributed by atoms with E-state index in [9.17, 15) is 15.0 Å². The molecule has 0 saturated carbocycles. The molecule has 5 heteroatoms. The summed E-state index contributed by atoms with van der Waals surface area (Å²) >= 11 is 0. The smallest absolute Gasteiger partial charge is 0.251 e. The molecule has 3 N–H and O–H groups in total. The summed E-state index contributed by atoms with van der Waals surface area (Å²) in [5, 5.41) is 22.1. The zero-order valence-corrected chi connectivity index (χ0v) is 10.1. The number of carbonyl (C=O) groups excluding carboxylic acids is 1. The molecule has 1 heterocycles. The quantitative estimate of drug-likeness (QED) is 0.705. The Labute approximate surface area is 105 Å². The van der Waals surface area contributed by atoms with Gasteiger partial charge in [-0.25, -0.2) is 0 Å². The minimum Gasteiger partial charge on any atom is -0.388 e. The van der Waals surface area contributed by atoms with Crippen molar-refractivity contribution < 1.29 is 19.7 Å². The average molecular weight is 251 g/mol. The van der Waals surface area contributed by atoms with Crippen LogP contribution < -0.4 is 5.32 Å². The Morgan fingerprint density at radius 1 is 1.33 bits per heavy atom. The number of carbonyl (C=O) groups is 1. The molecule has 0 spiro atoms. The third-order valence-corrected chi connectivity index (χ3v) is 3.07. The molecular weight excluding hydrogens is 234 g/mol. The average Bonchev–Trinajstić information content (AvgIpc) is 2.36. The molecule has 1 amide bonds. The Hall–Kier alpha value is -1.43. The Morgan fingerprint density at radius 2 is 2.00 bits per heavy atom. The number of hydrogen-bond acceptors (Lipinski definition) is 4. The highest BCUT2D eigenvalue weighted by Gasteiger charge is 2.35. The summed E-state index contributed by atoms with van der Waals surface area (Å²) < 4.78 is 5.07. The summed E-state index contributed by atoms with van der Waals surface area (Å²) in [6.45, 7) is 1.66. The molecule has 1 saturated heterocycles. The molecule has 18 heavy (non-hydrogen) atoms. The second-order valence-corrected chi connectivity index (χ2v) is 4.47. The molecule has 0 aromatic heterocycles. The number of aliphatic hydroxyl groups is 2. The molecular formula is C13H17NO4. The van der Waals surface area contributed by atoms with Crippen molar-refractivity contribution in [3.63, 3.8) is 0 Å². The zero-order valence-electron chi connectivity index (χ0n) is 10.1. The van der Waals surface area contributed by atoms with Crippen molar-refractivity contribution in [1.29, 1.82) is 0 Å². The molecule has 1 aromatic carbocycles. The molecule has 0 aliphatic carbocycles. The van der Waals surface area contributed by atoms with Gasteiger partial charge >= 0.3 is 0 Å². The van der Waals surface area contributed by atoms with Crippen LogP contribution in [0.2, 0.25) is 0 Å². The van der Waals surface area contributed by atoms with Gasteiger partial charge < -0.3 is 20.3 Å². The van der Waals surface area contributed by atoms with Crippen LogP contribution in [0, 0.1) is 0 Å². The van der Waals surface area contributed by atoms with Gasteiger partial charge in [0.05, 0.1) is 12.1 Å². The van der Waals surface area contributed by atoms with Crippen molar-refractivity contribution in [1.82, 2.24) is 5.32 Å². The van der Waals surface area contributed by atoms with Gasteiger partial charge in [0.2, 0.25) is 0 Å². The number of hydrogen-bond donors (Lipinski definition) is 3. The Kier molecular flexibility index (Phi) is 3.96. The zero-order chi connectivity index (χ0) is 13.1. The minimum atomic E-state index is -0.954. The fraction of sp³-hybridized carbons (Fsp3) is 0.462. The van der Waals surface area contributed by atoms with E-state index in [2.05, 4.69) is 5.32 Å². The third-order valence-electron chi connectivity index (χ3n) is 3.07. The molecule has 0 radical (unpaired) electrons. The van der Waals surface area contributed by atoms with E-state index < -0.39 is 24.5 Å². The van der Waals surface area contributed by atoms with E-state index in [1.165, 1.54) is 0 Å². The monoisotopic (exact) mass is 251 g/mol. The Morgan fingerprint density at radius 3 is 2.67 bits per heavy atom. The molecule has 5 nitrogen and oxygen atoms in total. The van der Waals surface area contributed by atoms with E-state index in [-0.39, 0.29) is 12.3 Å². The minimum absolute atomic E-state index is 0.185. The lowest BCUT2D eigenvalue weighted by atomic mass is 9.99. The van der Waals surface area contributed by atoms with Gasteiger partial charge in [-0.2, -0.15) is 0 Å². The van der Waals surface area contributed by atoms with Gasteiger partial charge in [0.15, 0.2) is 6.29 Å². The van der Waals surface area contributed by atoms with Crippen molar-refractivity contribution in [3.05, 3.63) is 35.9 Å². The van der Waals surface area contributed by atoms with E-state index >= 15 is 0 Å². The van der Waals surface area contributed by atoms with Crippen LogP contribution in [0.5, 0.6) is 0 Å². The largest absolute Gasteiger partial charge is 0.388 e. The first-order valence-corrected chi connectivity index (χ1v) is 5.95. The first-order chi connectivity index (χ1) is 8.58. The summed E-state index contributed by atoms with van der Waals surface area (Å²) in [5.41, 5.74) is 0.526. The molecule has 0 bridgehead atoms. The van der Waals surface area contributed by atoms with Crippen LogP contribution in [0.3, 0.4) is 0 Å². The molecule has 4 atom stereocenters. The standard InChI is InChI=1S/C13H17NO4/c1-8-12(16)10(7-11(15)18-8)14-13(17)9-5-3-2-4-6-9/h2-6,8,10-12,15-16H,7H2,1H3,(H,14,17)/t8-,10-,11-,12+/m1/s1. The van der Waals surface area contributed by atoms with Crippen LogP contribution in [0.1, 0.15) is 23.7 Å². The van der Waals surface area contributed by atoms with E-state index in [0.717, 1.165) is 0 Å². The molecule has 2 rings (SSSR count). The van der Waals surface area contributed by atoms with Crippen LogP contribution in [0.4, 0.5) is 0 Å². The van der Waals surface area contributed by atoms with E-state index in [0.29, 0.717) is 5.56 Å². The number of benzene rings is 1. The summed E-state index contributed by atoms with van der Waals surface area (Å²) in [5.74, 6) is -0.263. The van der Waals surface area contributed by atoms with Gasteiger partial charge in [-0.15, -0.1) is 0 Å². The van der Waals surface area contributed by atoms with Crippen LogP contribution in [0.25, 0.3) is 0 Å². The number of rotatable bonds is 2. The van der Waals surface area contributed by atoms with Gasteiger partial charge in [0.1, 0.15) is 6.10 Å². The lowest BCUT2D eigenvalue weighted by Crippen LogP contribution is -2.54. The molecule has 1 fully saturated rings. The summed E-state index contributed by atoms with van der Waals surface area (Å²) in [6, 6.07) is 8.25. The van der Waals surface area contributed by atoms with E-state index in [4.69, 9.17) is 4.74 Å². The second-order valence-electron chi connectivity index (χ2n) is 4.47. The van der Waals surface area contributed by atoms with E-state index in [1.54, 1.807) is 31.2 Å². The number of nitrogens with one attached hydrogen (secondary N) is 1. The highest BCUT2D eigenvalue weighted by atomic mass is 16.6. The summed E-state index contributed by atoms with van der Waals surface area (Å²) in [6.07, 6.45) is -2.09. The molecule has 0 unspecified atom stereocenters. The number of ether oxygens (including phenoxy) is 1. The lowest BCUT2D eigenvalue weighted by molar-refractivity contribution is -0.201. The van der Waals surface area contributed by atoms with Crippen molar-refractivity contribution in [3.8, 4) is 0 Å². The molecule has 1 aromatic rings. The number of aliphatic hydroxyl groups excluding tert-OH is 2. The van der Waals surface area contributed by atoms with Crippen molar-refractivity contribution in [2.24, 2.45) is 0 Å². The maximum absolute atomic E-state index is 11.9. The van der Waals surface area contributed by atoms with Gasteiger partial charge in [-0.3, -0.25) is 4.79 Å². The van der Waals surface area contributed by atoms with Crippen LogP contribution in [-0.2, 0) is 4.74 Å². The van der Waals surface area contributed by atoms with Gasteiger partial charge in [-0.1, -0.05) is 18.2 Å². The highest BCUT2D eigenvalue weighted by molar-refractivity contribution is 5.94.